The molecule has 0 saturated heterocycles. The van der Waals surface area contributed by atoms with Crippen molar-refractivity contribution < 1.29 is 22.7 Å². The number of nitrogens with two attached hydrogens (primary N) is 1. The van der Waals surface area contributed by atoms with Crippen molar-refractivity contribution in [2.75, 3.05) is 5.75 Å². The zero-order valence-corrected chi connectivity index (χ0v) is 14.4. The molecule has 0 aromatic heterocycles. The second-order valence-corrected chi connectivity index (χ2v) is 7.17. The minimum Gasteiger partial charge on any atom is -0.457 e. The van der Waals surface area contributed by atoms with E-state index in [2.05, 4.69) is 0 Å². The van der Waals surface area contributed by atoms with Crippen LogP contribution in [0.3, 0.4) is 0 Å². The third-order valence-electron chi connectivity index (χ3n) is 3.17. The van der Waals surface area contributed by atoms with Crippen LogP contribution in [0.2, 0.25) is 0 Å². The maximum Gasteiger partial charge on any atom is 0.243 e. The van der Waals surface area contributed by atoms with Gasteiger partial charge in [-0.05, 0) is 25.1 Å². The monoisotopic (exact) mass is 362 g/mol. The highest BCUT2D eigenvalue weighted by Gasteiger charge is 2.18. The fourth-order valence-corrected chi connectivity index (χ4v) is 2.95. The van der Waals surface area contributed by atoms with Gasteiger partial charge in [0.2, 0.25) is 21.8 Å². The lowest BCUT2D eigenvalue weighted by Gasteiger charge is -2.11. The average molecular weight is 362 g/mol. The first kappa shape index (κ1) is 18.5. The average Bonchev–Trinajstić information content (AvgIpc) is 2.49. The molecule has 0 spiro atoms. The van der Waals surface area contributed by atoms with Gasteiger partial charge in [-0.3, -0.25) is 14.3 Å². The lowest BCUT2D eigenvalue weighted by molar-refractivity contribution is -0.118. The van der Waals surface area contributed by atoms with Gasteiger partial charge in [0.25, 0.3) is 0 Å². The summed E-state index contributed by atoms with van der Waals surface area (Å²) < 4.78 is 30.7. The number of nitrogens with one attached hydrogen (secondary N) is 1. The molecule has 0 unspecified atom stereocenters. The topological polar surface area (TPSA) is 116 Å². The van der Waals surface area contributed by atoms with Crippen molar-refractivity contribution in [1.82, 2.24) is 4.72 Å². The molecule has 132 valence electrons. The second kappa shape index (κ2) is 7.80. The minimum absolute atomic E-state index is 0.222. The summed E-state index contributed by atoms with van der Waals surface area (Å²) in [7, 11) is -4.09. The van der Waals surface area contributed by atoms with Crippen LogP contribution in [0.5, 0.6) is 11.5 Å². The van der Waals surface area contributed by atoms with Crippen LogP contribution in [-0.2, 0) is 26.0 Å². The van der Waals surface area contributed by atoms with Crippen molar-refractivity contribution in [2.45, 2.75) is 13.3 Å². The molecule has 2 amide bonds. The number of ether oxygens (including phenoxy) is 1. The molecule has 0 aliphatic carbocycles. The van der Waals surface area contributed by atoms with Gasteiger partial charge in [0.15, 0.2) is 0 Å². The highest BCUT2D eigenvalue weighted by molar-refractivity contribution is 7.90. The Kier molecular flexibility index (Phi) is 5.76. The normalized spacial score (nSPS) is 10.9. The lowest BCUT2D eigenvalue weighted by atomic mass is 10.1. The van der Waals surface area contributed by atoms with E-state index in [4.69, 9.17) is 10.5 Å². The molecule has 0 saturated carbocycles. The van der Waals surface area contributed by atoms with Crippen molar-refractivity contribution in [3.63, 3.8) is 0 Å². The molecular formula is C17H18N2O5S. The number of amides is 2. The van der Waals surface area contributed by atoms with Crippen LogP contribution in [0.4, 0.5) is 0 Å². The number of rotatable bonds is 7. The smallest absolute Gasteiger partial charge is 0.243 e. The molecule has 0 radical (unpaired) electrons. The Hall–Kier alpha value is -2.87. The molecular weight excluding hydrogens is 344 g/mol. The maximum absolute atomic E-state index is 12.0. The SMILES string of the molecule is Cc1ccc(Oc2ccccc2CC(=O)NS(=O)(=O)CC(N)=O)cc1. The van der Waals surface area contributed by atoms with E-state index < -0.39 is 27.6 Å². The predicted octanol–water partition coefficient (Wildman–Crippen LogP) is 1.26. The standard InChI is InChI=1S/C17H18N2O5S/c1-12-6-8-14(9-7-12)24-15-5-3-2-4-13(15)10-17(21)19-25(22,23)11-16(18)20/h2-9H,10-11H2,1H3,(H2,18,20)(H,19,21). The minimum atomic E-state index is -4.09. The van der Waals surface area contributed by atoms with E-state index in [1.165, 1.54) is 0 Å². The summed E-state index contributed by atoms with van der Waals surface area (Å²) in [6.07, 6.45) is -0.222. The predicted molar refractivity (Wildman–Crippen MR) is 92.5 cm³/mol. The van der Waals surface area contributed by atoms with Gasteiger partial charge in [-0.25, -0.2) is 8.42 Å². The van der Waals surface area contributed by atoms with Crippen molar-refractivity contribution >= 4 is 21.8 Å². The number of carbonyl (C=O) groups excluding carboxylic acids is 2. The third-order valence-corrected chi connectivity index (χ3v) is 4.38. The van der Waals surface area contributed by atoms with Gasteiger partial charge in [-0.15, -0.1) is 0 Å². The summed E-state index contributed by atoms with van der Waals surface area (Å²) in [4.78, 5) is 22.7. The third kappa shape index (κ3) is 5.92. The number of carbonyl (C=O) groups is 2. The van der Waals surface area contributed by atoms with E-state index in [0.29, 0.717) is 17.1 Å². The molecule has 7 nitrogen and oxygen atoms in total. The highest BCUT2D eigenvalue weighted by atomic mass is 32.2. The number of hydrogen-bond acceptors (Lipinski definition) is 5. The summed E-state index contributed by atoms with van der Waals surface area (Å²) in [6.45, 7) is 1.95. The van der Waals surface area contributed by atoms with Crippen LogP contribution >= 0.6 is 0 Å². The van der Waals surface area contributed by atoms with Gasteiger partial charge in [-0.2, -0.15) is 0 Å². The number of para-hydroxylation sites is 1. The Morgan fingerprint density at radius 2 is 1.72 bits per heavy atom. The van der Waals surface area contributed by atoms with Crippen LogP contribution in [0, 0.1) is 6.92 Å². The molecule has 0 bridgehead atoms. The van der Waals surface area contributed by atoms with Crippen molar-refractivity contribution in [3.05, 3.63) is 59.7 Å². The molecule has 2 rings (SSSR count). The Morgan fingerprint density at radius 1 is 1.08 bits per heavy atom. The van der Waals surface area contributed by atoms with Crippen LogP contribution in [0.1, 0.15) is 11.1 Å². The molecule has 0 atom stereocenters. The van der Waals surface area contributed by atoms with Gasteiger partial charge in [0, 0.05) is 5.56 Å². The van der Waals surface area contributed by atoms with Gasteiger partial charge in [-0.1, -0.05) is 35.9 Å². The second-order valence-electron chi connectivity index (χ2n) is 5.45. The zero-order valence-electron chi connectivity index (χ0n) is 13.6. The summed E-state index contributed by atoms with van der Waals surface area (Å²) in [5, 5.41) is 0. The largest absolute Gasteiger partial charge is 0.457 e. The van der Waals surface area contributed by atoms with E-state index in [0.717, 1.165) is 5.56 Å². The van der Waals surface area contributed by atoms with Crippen molar-refractivity contribution in [2.24, 2.45) is 5.73 Å². The lowest BCUT2D eigenvalue weighted by Crippen LogP contribution is -2.37. The number of aryl methyl sites for hydroxylation is 1. The summed E-state index contributed by atoms with van der Waals surface area (Å²) in [5.41, 5.74) is 6.43. The molecule has 25 heavy (non-hydrogen) atoms. The molecule has 2 aromatic carbocycles. The van der Waals surface area contributed by atoms with Crippen LogP contribution in [-0.4, -0.2) is 26.0 Å². The van der Waals surface area contributed by atoms with Crippen LogP contribution in [0.15, 0.2) is 48.5 Å². The summed E-state index contributed by atoms with van der Waals surface area (Å²) in [6, 6.07) is 14.2. The fourth-order valence-electron chi connectivity index (χ4n) is 2.09. The first-order chi connectivity index (χ1) is 11.7. The molecule has 0 fully saturated rings. The molecule has 0 heterocycles. The van der Waals surface area contributed by atoms with Gasteiger partial charge >= 0.3 is 0 Å². The van der Waals surface area contributed by atoms with E-state index >= 15 is 0 Å². The molecule has 2 aromatic rings. The highest BCUT2D eigenvalue weighted by Crippen LogP contribution is 2.25. The number of sulfonamides is 1. The molecule has 0 aliphatic rings. The summed E-state index contributed by atoms with van der Waals surface area (Å²) >= 11 is 0. The first-order valence-electron chi connectivity index (χ1n) is 7.39. The van der Waals surface area contributed by atoms with Gasteiger partial charge < -0.3 is 10.5 Å². The Bertz CT molecular complexity index is 876. The number of primary amides is 1. The van der Waals surface area contributed by atoms with E-state index in [-0.39, 0.29) is 6.42 Å². The fraction of sp³-hybridized carbons (Fsp3) is 0.176. The quantitative estimate of drug-likeness (QED) is 0.769. The number of benzene rings is 2. The van der Waals surface area contributed by atoms with E-state index in [1.54, 1.807) is 36.4 Å². The Morgan fingerprint density at radius 3 is 2.36 bits per heavy atom. The number of hydrogen-bond donors (Lipinski definition) is 2. The molecule has 8 heteroatoms. The zero-order chi connectivity index (χ0) is 18.4. The first-order valence-corrected chi connectivity index (χ1v) is 9.04. The molecule has 3 N–H and O–H groups in total. The maximum atomic E-state index is 12.0. The molecule has 0 aliphatic heterocycles. The van der Waals surface area contributed by atoms with E-state index in [1.807, 2.05) is 23.8 Å². The van der Waals surface area contributed by atoms with Gasteiger partial charge in [0.05, 0.1) is 6.42 Å². The summed E-state index contributed by atoms with van der Waals surface area (Å²) in [5.74, 6) is -1.72. The van der Waals surface area contributed by atoms with Crippen LogP contribution < -0.4 is 15.2 Å². The van der Waals surface area contributed by atoms with Crippen molar-refractivity contribution in [3.8, 4) is 11.5 Å². The Labute approximate surface area is 145 Å². The van der Waals surface area contributed by atoms with Crippen LogP contribution in [0.25, 0.3) is 0 Å². The van der Waals surface area contributed by atoms with Crippen molar-refractivity contribution in [1.29, 1.82) is 0 Å². The van der Waals surface area contributed by atoms with Gasteiger partial charge in [0.1, 0.15) is 17.3 Å². The van der Waals surface area contributed by atoms with E-state index in [9.17, 15) is 18.0 Å². The Balaban J connectivity index is 2.11.